The highest BCUT2D eigenvalue weighted by atomic mass is 16.1. The lowest BCUT2D eigenvalue weighted by atomic mass is 9.73. The van der Waals surface area contributed by atoms with Crippen LogP contribution in [0.25, 0.3) is 0 Å². The van der Waals surface area contributed by atoms with Gasteiger partial charge in [0.15, 0.2) is 0 Å². The Hall–Kier alpha value is -1.11. The van der Waals surface area contributed by atoms with Gasteiger partial charge in [0.2, 0.25) is 0 Å². The molecule has 0 aliphatic heterocycles. The van der Waals surface area contributed by atoms with Crippen molar-refractivity contribution in [3.63, 3.8) is 0 Å². The van der Waals surface area contributed by atoms with E-state index in [1.807, 2.05) is 30.3 Å². The van der Waals surface area contributed by atoms with E-state index in [4.69, 9.17) is 0 Å². The van der Waals surface area contributed by atoms with E-state index in [1.54, 1.807) is 0 Å². The van der Waals surface area contributed by atoms with Crippen LogP contribution in [0.4, 0.5) is 0 Å². The summed E-state index contributed by atoms with van der Waals surface area (Å²) < 4.78 is 0. The van der Waals surface area contributed by atoms with E-state index in [9.17, 15) is 4.79 Å². The molecule has 0 heterocycles. The lowest BCUT2D eigenvalue weighted by Gasteiger charge is -2.29. The lowest BCUT2D eigenvalue weighted by molar-refractivity contribution is -0.127. The van der Waals surface area contributed by atoms with Gasteiger partial charge in [0, 0.05) is 11.8 Å². The Morgan fingerprint density at radius 2 is 1.75 bits per heavy atom. The number of benzene rings is 1. The van der Waals surface area contributed by atoms with Gasteiger partial charge in [-0.3, -0.25) is 4.79 Å². The third-order valence-corrected chi connectivity index (χ3v) is 3.93. The first kappa shape index (κ1) is 11.4. The molecule has 0 aromatic heterocycles. The predicted molar refractivity (Wildman–Crippen MR) is 66.3 cm³/mol. The fourth-order valence-corrected chi connectivity index (χ4v) is 2.52. The molecule has 0 bridgehead atoms. The van der Waals surface area contributed by atoms with Crippen molar-refractivity contribution >= 4 is 5.78 Å². The number of ketones is 1. The summed E-state index contributed by atoms with van der Waals surface area (Å²) in [6.07, 6.45) is 2.74. The minimum atomic E-state index is -0.0388. The normalized spacial score (nSPS) is 18.2. The molecular weight excluding hydrogens is 196 g/mol. The maximum atomic E-state index is 12.3. The number of hydrogen-bond acceptors (Lipinski definition) is 1. The third-order valence-electron chi connectivity index (χ3n) is 3.93. The van der Waals surface area contributed by atoms with E-state index in [-0.39, 0.29) is 10.8 Å². The molecular formula is C15H20O. The number of rotatable bonds is 3. The average Bonchev–Trinajstić information content (AvgIpc) is 2.98. The Kier molecular flexibility index (Phi) is 2.65. The van der Waals surface area contributed by atoms with Gasteiger partial charge in [0.1, 0.15) is 5.78 Å². The van der Waals surface area contributed by atoms with Gasteiger partial charge >= 0.3 is 0 Å². The van der Waals surface area contributed by atoms with E-state index >= 15 is 0 Å². The first-order chi connectivity index (χ1) is 7.46. The minimum absolute atomic E-state index is 0.0388. The van der Waals surface area contributed by atoms with Gasteiger partial charge in [-0.15, -0.1) is 0 Å². The van der Waals surface area contributed by atoms with E-state index < -0.39 is 0 Å². The Bertz CT molecular complexity index is 380. The summed E-state index contributed by atoms with van der Waals surface area (Å²) in [4.78, 5) is 12.3. The summed E-state index contributed by atoms with van der Waals surface area (Å²) in [6.45, 7) is 6.55. The summed E-state index contributed by atoms with van der Waals surface area (Å²) in [5.41, 5.74) is 1.21. The average molecular weight is 216 g/mol. The van der Waals surface area contributed by atoms with E-state index in [1.165, 1.54) is 0 Å². The number of carbonyl (C=O) groups is 1. The second-order valence-corrected chi connectivity index (χ2v) is 5.92. The highest BCUT2D eigenvalue weighted by molar-refractivity contribution is 5.90. The first-order valence-electron chi connectivity index (χ1n) is 6.03. The van der Waals surface area contributed by atoms with Crippen LogP contribution in [0.5, 0.6) is 0 Å². The van der Waals surface area contributed by atoms with E-state index in [2.05, 4.69) is 20.8 Å². The van der Waals surface area contributed by atoms with Crippen LogP contribution in [0.3, 0.4) is 0 Å². The van der Waals surface area contributed by atoms with Gasteiger partial charge in [0.05, 0.1) is 0 Å². The van der Waals surface area contributed by atoms with Crippen molar-refractivity contribution in [2.45, 2.75) is 40.0 Å². The second kappa shape index (κ2) is 3.73. The van der Waals surface area contributed by atoms with Crippen LogP contribution < -0.4 is 0 Å². The maximum Gasteiger partial charge on any atom is 0.143 e. The zero-order valence-corrected chi connectivity index (χ0v) is 10.4. The molecule has 0 saturated heterocycles. The summed E-state index contributed by atoms with van der Waals surface area (Å²) in [7, 11) is 0. The molecule has 0 spiro atoms. The number of carbonyl (C=O) groups excluding carboxylic acids is 1. The zero-order valence-electron chi connectivity index (χ0n) is 10.4. The van der Waals surface area contributed by atoms with Crippen LogP contribution in [0, 0.1) is 10.8 Å². The summed E-state index contributed by atoms with van der Waals surface area (Å²) >= 11 is 0. The van der Waals surface area contributed by atoms with Gasteiger partial charge in [-0.25, -0.2) is 0 Å². The van der Waals surface area contributed by atoms with Crippen molar-refractivity contribution in [2.75, 3.05) is 0 Å². The van der Waals surface area contributed by atoms with Crippen LogP contribution in [0.2, 0.25) is 0 Å². The molecule has 2 rings (SSSR count). The monoisotopic (exact) mass is 216 g/mol. The molecule has 0 radical (unpaired) electrons. The van der Waals surface area contributed by atoms with Crippen LogP contribution >= 0.6 is 0 Å². The molecule has 1 fully saturated rings. The van der Waals surface area contributed by atoms with Crippen molar-refractivity contribution in [1.82, 2.24) is 0 Å². The van der Waals surface area contributed by atoms with Crippen molar-refractivity contribution in [1.29, 1.82) is 0 Å². The summed E-state index contributed by atoms with van der Waals surface area (Å²) in [6, 6.07) is 10.1. The van der Waals surface area contributed by atoms with E-state index in [0.29, 0.717) is 12.2 Å². The molecule has 16 heavy (non-hydrogen) atoms. The van der Waals surface area contributed by atoms with Crippen LogP contribution in [0.15, 0.2) is 30.3 Å². The number of hydrogen-bond donors (Lipinski definition) is 0. The minimum Gasteiger partial charge on any atom is -0.299 e. The molecule has 1 heteroatoms. The zero-order chi connectivity index (χ0) is 11.8. The molecule has 1 aliphatic rings. The molecule has 1 aromatic rings. The van der Waals surface area contributed by atoms with Crippen LogP contribution in [-0.2, 0) is 11.2 Å². The second-order valence-electron chi connectivity index (χ2n) is 5.92. The Morgan fingerprint density at radius 1 is 1.19 bits per heavy atom. The van der Waals surface area contributed by atoms with Crippen molar-refractivity contribution in [2.24, 2.45) is 10.8 Å². The Labute approximate surface area is 97.9 Å². The Morgan fingerprint density at radius 3 is 2.19 bits per heavy atom. The number of Topliss-reactive ketones (excluding diaryl/α,β-unsaturated/α-hetero) is 1. The van der Waals surface area contributed by atoms with Crippen molar-refractivity contribution in [3.8, 4) is 0 Å². The third kappa shape index (κ3) is 1.91. The van der Waals surface area contributed by atoms with E-state index in [0.717, 1.165) is 18.4 Å². The van der Waals surface area contributed by atoms with Crippen LogP contribution in [0.1, 0.15) is 39.2 Å². The largest absolute Gasteiger partial charge is 0.299 e. The summed E-state index contributed by atoms with van der Waals surface area (Å²) in [5.74, 6) is 0.422. The SMILES string of the molecule is CC(C)(C)C1(C(=O)Cc2ccccc2)CC1. The van der Waals surface area contributed by atoms with Gasteiger partial charge in [-0.1, -0.05) is 51.1 Å². The lowest BCUT2D eigenvalue weighted by Crippen LogP contribution is -2.31. The van der Waals surface area contributed by atoms with Crippen molar-refractivity contribution < 1.29 is 4.79 Å². The fraction of sp³-hybridized carbons (Fsp3) is 0.533. The maximum absolute atomic E-state index is 12.3. The van der Waals surface area contributed by atoms with Gasteiger partial charge in [-0.05, 0) is 23.8 Å². The van der Waals surface area contributed by atoms with Gasteiger partial charge in [-0.2, -0.15) is 0 Å². The quantitative estimate of drug-likeness (QED) is 0.754. The first-order valence-corrected chi connectivity index (χ1v) is 6.03. The predicted octanol–water partition coefficient (Wildman–Crippen LogP) is 3.62. The molecule has 0 amide bonds. The summed E-state index contributed by atoms with van der Waals surface area (Å²) in [5, 5.41) is 0. The van der Waals surface area contributed by atoms with Gasteiger partial charge < -0.3 is 0 Å². The molecule has 1 aliphatic carbocycles. The molecule has 1 saturated carbocycles. The Balaban J connectivity index is 2.11. The highest BCUT2D eigenvalue weighted by Gasteiger charge is 2.56. The van der Waals surface area contributed by atoms with Crippen molar-refractivity contribution in [3.05, 3.63) is 35.9 Å². The molecule has 1 nitrogen and oxygen atoms in total. The molecule has 0 unspecified atom stereocenters. The van der Waals surface area contributed by atoms with Gasteiger partial charge in [0.25, 0.3) is 0 Å². The molecule has 0 atom stereocenters. The smallest absolute Gasteiger partial charge is 0.143 e. The fourth-order valence-electron chi connectivity index (χ4n) is 2.52. The topological polar surface area (TPSA) is 17.1 Å². The molecule has 0 N–H and O–H groups in total. The standard InChI is InChI=1S/C15H20O/c1-14(2,3)15(9-10-15)13(16)11-12-7-5-4-6-8-12/h4-8H,9-11H2,1-3H3. The van der Waals surface area contributed by atoms with Crippen LogP contribution in [-0.4, -0.2) is 5.78 Å². The highest BCUT2D eigenvalue weighted by Crippen LogP contribution is 2.59. The molecule has 1 aromatic carbocycles. The molecule has 86 valence electrons.